The maximum atomic E-state index is 11.5. The van der Waals surface area contributed by atoms with Gasteiger partial charge in [-0.1, -0.05) is 20.3 Å². The molecule has 0 saturated heterocycles. The zero-order valence-corrected chi connectivity index (χ0v) is 11.2. The summed E-state index contributed by atoms with van der Waals surface area (Å²) in [5, 5.41) is 0. The molecule has 0 aliphatic heterocycles. The number of rotatable bonds is 6. The first kappa shape index (κ1) is 13.7. The van der Waals surface area contributed by atoms with Gasteiger partial charge >= 0.3 is 0 Å². The summed E-state index contributed by atoms with van der Waals surface area (Å²) in [6.07, 6.45) is 7.21. The lowest BCUT2D eigenvalue weighted by atomic mass is 9.82. The summed E-state index contributed by atoms with van der Waals surface area (Å²) in [6.45, 7) is 8.64. The van der Waals surface area contributed by atoms with Gasteiger partial charge in [-0.25, -0.2) is 0 Å². The van der Waals surface area contributed by atoms with Crippen molar-refractivity contribution in [3.63, 3.8) is 0 Å². The average molecular weight is 225 g/mol. The third kappa shape index (κ3) is 3.89. The quantitative estimate of drug-likeness (QED) is 0.691. The molecule has 1 unspecified atom stereocenters. The molecule has 94 valence electrons. The second-order valence-electron chi connectivity index (χ2n) is 5.16. The molecular weight excluding hydrogens is 198 g/mol. The van der Waals surface area contributed by atoms with Crippen LogP contribution >= 0.6 is 0 Å². The van der Waals surface area contributed by atoms with Crippen LogP contribution in [0.1, 0.15) is 59.3 Å². The second-order valence-corrected chi connectivity index (χ2v) is 5.16. The Morgan fingerprint density at radius 3 is 2.31 bits per heavy atom. The number of hydrogen-bond acceptors (Lipinski definition) is 2. The van der Waals surface area contributed by atoms with E-state index in [2.05, 4.69) is 18.7 Å². The smallest absolute Gasteiger partial charge is 0.132 e. The molecule has 0 aromatic heterocycles. The van der Waals surface area contributed by atoms with Crippen LogP contribution in [0, 0.1) is 5.92 Å². The molecule has 1 aliphatic rings. The van der Waals surface area contributed by atoms with E-state index in [-0.39, 0.29) is 0 Å². The molecule has 2 nitrogen and oxygen atoms in total. The van der Waals surface area contributed by atoms with Crippen LogP contribution in [0.25, 0.3) is 0 Å². The van der Waals surface area contributed by atoms with Crippen molar-refractivity contribution >= 4 is 5.78 Å². The fourth-order valence-electron chi connectivity index (χ4n) is 2.92. The summed E-state index contributed by atoms with van der Waals surface area (Å²) in [6, 6.07) is 0.669. The van der Waals surface area contributed by atoms with E-state index < -0.39 is 0 Å². The van der Waals surface area contributed by atoms with Crippen LogP contribution in [0.3, 0.4) is 0 Å². The first-order chi connectivity index (χ1) is 7.69. The maximum absolute atomic E-state index is 11.5. The van der Waals surface area contributed by atoms with Gasteiger partial charge < -0.3 is 4.90 Å². The van der Waals surface area contributed by atoms with E-state index in [4.69, 9.17) is 0 Å². The summed E-state index contributed by atoms with van der Waals surface area (Å²) in [5.74, 6) is 0.743. The monoisotopic (exact) mass is 225 g/mol. The number of carbonyl (C=O) groups excluding carboxylic acids is 1. The van der Waals surface area contributed by atoms with Crippen LogP contribution in [0.2, 0.25) is 0 Å². The highest BCUT2D eigenvalue weighted by molar-refractivity contribution is 5.78. The lowest BCUT2D eigenvalue weighted by molar-refractivity contribution is -0.122. The van der Waals surface area contributed by atoms with Crippen molar-refractivity contribution in [1.29, 1.82) is 0 Å². The third-order valence-corrected chi connectivity index (χ3v) is 3.76. The molecule has 1 saturated carbocycles. The minimum atomic E-state index is 0.343. The Morgan fingerprint density at radius 2 is 1.81 bits per heavy atom. The van der Waals surface area contributed by atoms with Gasteiger partial charge in [0.15, 0.2) is 0 Å². The zero-order valence-electron chi connectivity index (χ0n) is 11.2. The minimum absolute atomic E-state index is 0.343. The van der Waals surface area contributed by atoms with Gasteiger partial charge in [-0.3, -0.25) is 4.79 Å². The summed E-state index contributed by atoms with van der Waals surface area (Å²) < 4.78 is 0. The molecule has 0 aromatic carbocycles. The fourth-order valence-corrected chi connectivity index (χ4v) is 2.92. The number of Topliss-reactive ketones (excluding diaryl/α,β-unsaturated/α-hetero) is 1. The van der Waals surface area contributed by atoms with Crippen molar-refractivity contribution in [2.45, 2.75) is 65.3 Å². The van der Waals surface area contributed by atoms with E-state index in [1.807, 2.05) is 0 Å². The molecule has 2 atom stereocenters. The van der Waals surface area contributed by atoms with Crippen molar-refractivity contribution in [2.75, 3.05) is 13.1 Å². The standard InChI is InChI=1S/C14H27NO/c1-4-9-15(10-5-2)14-8-6-7-13(11-14)12(3)16/h13-14H,4-11H2,1-3H3/t13?,14-/m1/s1. The van der Waals surface area contributed by atoms with Crippen LogP contribution in [0.15, 0.2) is 0 Å². The Labute approximate surface area is 100 Å². The van der Waals surface area contributed by atoms with Crippen LogP contribution in [-0.2, 0) is 4.79 Å². The van der Waals surface area contributed by atoms with Gasteiger partial charge in [0.05, 0.1) is 0 Å². The van der Waals surface area contributed by atoms with Crippen molar-refractivity contribution in [3.05, 3.63) is 0 Å². The highest BCUT2D eigenvalue weighted by Crippen LogP contribution is 2.28. The third-order valence-electron chi connectivity index (χ3n) is 3.76. The summed E-state index contributed by atoms with van der Waals surface area (Å²) >= 11 is 0. The van der Waals surface area contributed by atoms with Gasteiger partial charge in [0.2, 0.25) is 0 Å². The molecule has 0 heterocycles. The Hall–Kier alpha value is -0.370. The SMILES string of the molecule is CCCN(CCC)[C@@H]1CCCC(C(C)=O)C1. The Kier molecular flexibility index (Phi) is 6.04. The van der Waals surface area contributed by atoms with Gasteiger partial charge in [0.1, 0.15) is 5.78 Å². The molecular formula is C14H27NO. The Balaban J connectivity index is 2.51. The van der Waals surface area contributed by atoms with E-state index in [1.54, 1.807) is 6.92 Å². The molecule has 0 amide bonds. The first-order valence-electron chi connectivity index (χ1n) is 6.93. The molecule has 1 rings (SSSR count). The number of ketones is 1. The van der Waals surface area contributed by atoms with Crippen LogP contribution in [-0.4, -0.2) is 29.8 Å². The van der Waals surface area contributed by atoms with Crippen molar-refractivity contribution in [3.8, 4) is 0 Å². The first-order valence-corrected chi connectivity index (χ1v) is 6.93. The molecule has 0 aromatic rings. The summed E-state index contributed by atoms with van der Waals surface area (Å²) in [5.41, 5.74) is 0. The summed E-state index contributed by atoms with van der Waals surface area (Å²) in [7, 11) is 0. The molecule has 0 radical (unpaired) electrons. The van der Waals surface area contributed by atoms with Crippen LogP contribution in [0.5, 0.6) is 0 Å². The number of nitrogens with zero attached hydrogens (tertiary/aromatic N) is 1. The summed E-state index contributed by atoms with van der Waals surface area (Å²) in [4.78, 5) is 14.1. The Bertz CT molecular complexity index is 209. The van der Waals surface area contributed by atoms with E-state index in [9.17, 15) is 4.79 Å². The van der Waals surface area contributed by atoms with E-state index in [1.165, 1.54) is 38.8 Å². The molecule has 0 bridgehead atoms. The van der Waals surface area contributed by atoms with Crippen LogP contribution in [0.4, 0.5) is 0 Å². The Morgan fingerprint density at radius 1 is 1.19 bits per heavy atom. The lowest BCUT2D eigenvalue weighted by Crippen LogP contribution is -2.40. The number of hydrogen-bond donors (Lipinski definition) is 0. The predicted octanol–water partition coefficient (Wildman–Crippen LogP) is 3.26. The van der Waals surface area contributed by atoms with Gasteiger partial charge in [0.25, 0.3) is 0 Å². The molecule has 1 fully saturated rings. The van der Waals surface area contributed by atoms with Crippen molar-refractivity contribution < 1.29 is 4.79 Å². The molecule has 1 aliphatic carbocycles. The molecule has 2 heteroatoms. The largest absolute Gasteiger partial charge is 0.300 e. The van der Waals surface area contributed by atoms with Crippen molar-refractivity contribution in [1.82, 2.24) is 4.90 Å². The molecule has 0 spiro atoms. The van der Waals surface area contributed by atoms with Crippen molar-refractivity contribution in [2.24, 2.45) is 5.92 Å². The highest BCUT2D eigenvalue weighted by Gasteiger charge is 2.27. The molecule has 16 heavy (non-hydrogen) atoms. The maximum Gasteiger partial charge on any atom is 0.132 e. The van der Waals surface area contributed by atoms with Gasteiger partial charge in [-0.2, -0.15) is 0 Å². The normalized spacial score (nSPS) is 26.0. The topological polar surface area (TPSA) is 20.3 Å². The number of carbonyl (C=O) groups is 1. The van der Waals surface area contributed by atoms with Gasteiger partial charge in [-0.15, -0.1) is 0 Å². The van der Waals surface area contributed by atoms with E-state index in [0.717, 1.165) is 12.8 Å². The highest BCUT2D eigenvalue weighted by atomic mass is 16.1. The predicted molar refractivity (Wildman–Crippen MR) is 68.6 cm³/mol. The zero-order chi connectivity index (χ0) is 12.0. The molecule has 0 N–H and O–H groups in total. The minimum Gasteiger partial charge on any atom is -0.300 e. The lowest BCUT2D eigenvalue weighted by Gasteiger charge is -2.36. The average Bonchev–Trinajstić information content (AvgIpc) is 2.29. The van der Waals surface area contributed by atoms with Crippen LogP contribution < -0.4 is 0 Å². The fraction of sp³-hybridized carbons (Fsp3) is 0.929. The second kappa shape index (κ2) is 7.05. The van der Waals surface area contributed by atoms with Gasteiger partial charge in [0, 0.05) is 12.0 Å². The van der Waals surface area contributed by atoms with Gasteiger partial charge in [-0.05, 0) is 52.1 Å². The van der Waals surface area contributed by atoms with E-state index >= 15 is 0 Å². The van der Waals surface area contributed by atoms with E-state index in [0.29, 0.717) is 17.7 Å².